The van der Waals surface area contributed by atoms with Crippen molar-refractivity contribution in [1.29, 1.82) is 0 Å². The minimum Gasteiger partial charge on any atom is -0.468 e. The molecule has 1 fully saturated rings. The highest BCUT2D eigenvalue weighted by Crippen LogP contribution is 2.45. The molecule has 2 rings (SSSR count). The van der Waals surface area contributed by atoms with Crippen molar-refractivity contribution in [2.24, 2.45) is 0 Å². The summed E-state index contributed by atoms with van der Waals surface area (Å²) in [5.41, 5.74) is -0.345. The number of rotatable bonds is 5. The largest absolute Gasteiger partial charge is 0.468 e. The van der Waals surface area contributed by atoms with Crippen molar-refractivity contribution in [1.82, 2.24) is 9.79 Å². The second-order valence-corrected chi connectivity index (χ2v) is 8.57. The third-order valence-electron chi connectivity index (χ3n) is 4.64. The third kappa shape index (κ3) is 3.46. The van der Waals surface area contributed by atoms with Gasteiger partial charge in [0, 0.05) is 5.54 Å². The molecule has 1 atom stereocenters. The lowest BCUT2D eigenvalue weighted by atomic mass is 9.90. The normalized spacial score (nSPS) is 24.0. The minimum absolute atomic E-state index is 0.0356. The quantitative estimate of drug-likeness (QED) is 0.809. The maximum Gasteiger partial charge on any atom is 0.320 e. The molecule has 1 saturated heterocycles. The Kier molecular flexibility index (Phi) is 5.06. The SMILES string of the molecule is COC(=O)CNS(=O)(=O)c1ccc(C2(C)CCC(C)(C)N2[O])cc1. The molecule has 0 amide bonds. The van der Waals surface area contributed by atoms with E-state index in [1.165, 1.54) is 19.2 Å². The summed E-state index contributed by atoms with van der Waals surface area (Å²) in [4.78, 5) is 11.1. The molecule has 1 radical (unpaired) electrons. The van der Waals surface area contributed by atoms with Crippen molar-refractivity contribution < 1.29 is 23.2 Å². The Balaban J connectivity index is 2.21. The van der Waals surface area contributed by atoms with Crippen LogP contribution in [0.4, 0.5) is 0 Å². The highest BCUT2D eigenvalue weighted by atomic mass is 32.2. The lowest BCUT2D eigenvalue weighted by Crippen LogP contribution is -2.44. The van der Waals surface area contributed by atoms with Gasteiger partial charge in [0.05, 0.1) is 17.5 Å². The number of esters is 1. The molecule has 1 heterocycles. The van der Waals surface area contributed by atoms with Gasteiger partial charge in [-0.15, -0.1) is 10.3 Å². The zero-order chi connectivity index (χ0) is 18.2. The van der Waals surface area contributed by atoms with E-state index in [1.807, 2.05) is 20.8 Å². The van der Waals surface area contributed by atoms with Crippen molar-refractivity contribution in [3.63, 3.8) is 0 Å². The first-order valence-electron chi connectivity index (χ1n) is 7.67. The van der Waals surface area contributed by atoms with Crippen LogP contribution in [0.2, 0.25) is 0 Å². The maximum atomic E-state index is 12.6. The Hall–Kier alpha value is -1.48. The number of nitrogens with one attached hydrogen (secondary N) is 1. The predicted octanol–water partition coefficient (Wildman–Crippen LogP) is 1.57. The summed E-state index contributed by atoms with van der Waals surface area (Å²) in [6.45, 7) is 5.25. The third-order valence-corrected chi connectivity index (χ3v) is 6.06. The number of hydrogen-bond acceptors (Lipinski definition) is 5. The highest BCUT2D eigenvalue weighted by Gasteiger charge is 2.49. The topological polar surface area (TPSA) is 95.6 Å². The molecular weight excluding hydrogens is 332 g/mol. The van der Waals surface area contributed by atoms with Crippen LogP contribution in [0, 0.1) is 0 Å². The number of methoxy groups -OCH3 is 1. The Labute approximate surface area is 142 Å². The van der Waals surface area contributed by atoms with Gasteiger partial charge < -0.3 is 4.74 Å². The Morgan fingerprint density at radius 1 is 1.21 bits per heavy atom. The van der Waals surface area contributed by atoms with Gasteiger partial charge in [0.15, 0.2) is 0 Å². The average molecular weight is 355 g/mol. The van der Waals surface area contributed by atoms with Gasteiger partial charge in [-0.1, -0.05) is 12.1 Å². The minimum atomic E-state index is -3.80. The van der Waals surface area contributed by atoms with E-state index in [0.717, 1.165) is 17.0 Å². The number of hydrogen-bond donors (Lipinski definition) is 1. The van der Waals surface area contributed by atoms with Gasteiger partial charge in [0.1, 0.15) is 6.54 Å². The lowest BCUT2D eigenvalue weighted by Gasteiger charge is -2.35. The second-order valence-electron chi connectivity index (χ2n) is 6.81. The number of sulfonamides is 1. The Bertz CT molecular complexity index is 714. The molecule has 1 aromatic rings. The summed E-state index contributed by atoms with van der Waals surface area (Å²) in [5, 5.41) is 13.7. The van der Waals surface area contributed by atoms with Gasteiger partial charge in [-0.3, -0.25) is 4.79 Å². The molecule has 0 saturated carbocycles. The van der Waals surface area contributed by atoms with E-state index >= 15 is 0 Å². The second kappa shape index (κ2) is 6.44. The summed E-state index contributed by atoms with van der Waals surface area (Å²) < 4.78 is 30.9. The molecule has 24 heavy (non-hydrogen) atoms. The number of benzene rings is 1. The maximum absolute atomic E-state index is 12.6. The van der Waals surface area contributed by atoms with E-state index in [2.05, 4.69) is 9.46 Å². The van der Waals surface area contributed by atoms with Crippen molar-refractivity contribution in [3.8, 4) is 0 Å². The van der Waals surface area contributed by atoms with Crippen LogP contribution in [0.1, 0.15) is 39.2 Å². The zero-order valence-electron chi connectivity index (χ0n) is 14.3. The molecule has 1 unspecified atom stereocenters. The van der Waals surface area contributed by atoms with Gasteiger partial charge >= 0.3 is 5.97 Å². The van der Waals surface area contributed by atoms with Crippen molar-refractivity contribution in [3.05, 3.63) is 29.8 Å². The fraction of sp³-hybridized carbons (Fsp3) is 0.562. The van der Waals surface area contributed by atoms with Crippen molar-refractivity contribution in [2.45, 2.75) is 49.6 Å². The van der Waals surface area contributed by atoms with E-state index in [-0.39, 0.29) is 4.90 Å². The van der Waals surface area contributed by atoms with Gasteiger partial charge in [0.25, 0.3) is 0 Å². The van der Waals surface area contributed by atoms with Crippen LogP contribution in [0.3, 0.4) is 0 Å². The molecule has 133 valence electrons. The van der Waals surface area contributed by atoms with Crippen LogP contribution < -0.4 is 4.72 Å². The molecule has 1 aromatic carbocycles. The number of carbonyl (C=O) groups excluding carboxylic acids is 1. The van der Waals surface area contributed by atoms with Gasteiger partial charge in [-0.2, -0.15) is 4.72 Å². The van der Waals surface area contributed by atoms with Crippen LogP contribution in [-0.4, -0.2) is 38.6 Å². The Morgan fingerprint density at radius 3 is 2.25 bits per heavy atom. The van der Waals surface area contributed by atoms with Crippen LogP contribution in [0.15, 0.2) is 29.2 Å². The van der Waals surface area contributed by atoms with Crippen LogP contribution >= 0.6 is 0 Å². The molecule has 0 spiro atoms. The summed E-state index contributed by atoms with van der Waals surface area (Å²) >= 11 is 0. The van der Waals surface area contributed by atoms with E-state index in [1.54, 1.807) is 12.1 Å². The van der Waals surface area contributed by atoms with Crippen LogP contribution in [0.5, 0.6) is 0 Å². The number of hydroxylamine groups is 2. The van der Waals surface area contributed by atoms with E-state index in [0.29, 0.717) is 6.42 Å². The highest BCUT2D eigenvalue weighted by molar-refractivity contribution is 7.89. The van der Waals surface area contributed by atoms with Gasteiger partial charge in [-0.25, -0.2) is 8.42 Å². The molecule has 8 heteroatoms. The average Bonchev–Trinajstić information content (AvgIpc) is 2.77. The molecule has 1 aliphatic heterocycles. The smallest absolute Gasteiger partial charge is 0.320 e. The summed E-state index contributed by atoms with van der Waals surface area (Å²) in [6, 6.07) is 6.19. The molecule has 1 aliphatic rings. The standard InChI is InChI=1S/C16H23N2O5S/c1-15(2)9-10-16(3,18(15)20)12-5-7-13(8-6-12)24(21,22)17-11-14(19)23-4/h5-8,17H,9-11H2,1-4H3. The number of carbonyl (C=O) groups is 1. The molecule has 0 aromatic heterocycles. The predicted molar refractivity (Wildman–Crippen MR) is 86.8 cm³/mol. The van der Waals surface area contributed by atoms with Crippen molar-refractivity contribution >= 4 is 16.0 Å². The lowest BCUT2D eigenvalue weighted by molar-refractivity contribution is -0.252. The fourth-order valence-electron chi connectivity index (χ4n) is 2.98. The van der Waals surface area contributed by atoms with E-state index < -0.39 is 33.6 Å². The molecule has 1 N–H and O–H groups in total. The first kappa shape index (κ1) is 18.9. The first-order chi connectivity index (χ1) is 11.0. The summed E-state index contributed by atoms with van der Waals surface area (Å²) in [7, 11) is -2.62. The molecule has 7 nitrogen and oxygen atoms in total. The molecule has 0 aliphatic carbocycles. The van der Waals surface area contributed by atoms with Gasteiger partial charge in [0.2, 0.25) is 10.0 Å². The number of ether oxygens (including phenoxy) is 1. The molecule has 0 bridgehead atoms. The fourth-order valence-corrected chi connectivity index (χ4v) is 3.95. The molecular formula is C16H23N2O5S. The zero-order valence-corrected chi connectivity index (χ0v) is 15.1. The van der Waals surface area contributed by atoms with E-state index in [9.17, 15) is 18.4 Å². The van der Waals surface area contributed by atoms with Crippen LogP contribution in [0.25, 0.3) is 0 Å². The summed E-state index contributed by atoms with van der Waals surface area (Å²) in [5.74, 6) is -0.669. The Morgan fingerprint density at radius 2 is 1.79 bits per heavy atom. The van der Waals surface area contributed by atoms with Crippen molar-refractivity contribution in [2.75, 3.05) is 13.7 Å². The van der Waals surface area contributed by atoms with Crippen LogP contribution in [-0.2, 0) is 30.3 Å². The number of nitrogens with zero attached hydrogens (tertiary/aromatic N) is 1. The van der Waals surface area contributed by atoms with E-state index in [4.69, 9.17) is 0 Å². The summed E-state index contributed by atoms with van der Waals surface area (Å²) in [6.07, 6.45) is 1.48. The first-order valence-corrected chi connectivity index (χ1v) is 9.16. The monoisotopic (exact) mass is 355 g/mol. The van der Waals surface area contributed by atoms with Gasteiger partial charge in [-0.05, 0) is 51.3 Å².